The molecule has 1 aliphatic rings. The summed E-state index contributed by atoms with van der Waals surface area (Å²) in [5, 5.41) is 3.23. The molecule has 0 spiro atoms. The summed E-state index contributed by atoms with van der Waals surface area (Å²) in [6, 6.07) is 4.02. The zero-order chi connectivity index (χ0) is 14.3. The highest BCUT2D eigenvalue weighted by Gasteiger charge is 2.51. The third kappa shape index (κ3) is 2.77. The summed E-state index contributed by atoms with van der Waals surface area (Å²) in [7, 11) is -0.330. The van der Waals surface area contributed by atoms with Crippen LogP contribution in [0.5, 0.6) is 0 Å². The van der Waals surface area contributed by atoms with E-state index >= 15 is 0 Å². The second-order valence-electron chi connectivity index (χ2n) is 6.05. The second kappa shape index (κ2) is 4.80. The Morgan fingerprint density at radius 2 is 1.74 bits per heavy atom. The molecular formula is C14H23BN2O2. The summed E-state index contributed by atoms with van der Waals surface area (Å²) in [4.78, 5) is 4.45. The molecule has 2 rings (SSSR count). The van der Waals surface area contributed by atoms with Crippen molar-refractivity contribution < 1.29 is 9.31 Å². The van der Waals surface area contributed by atoms with Crippen LogP contribution in [0.1, 0.15) is 40.3 Å². The van der Waals surface area contributed by atoms with Crippen LogP contribution < -0.4 is 10.8 Å². The number of pyridine rings is 1. The van der Waals surface area contributed by atoms with Gasteiger partial charge in [0.1, 0.15) is 5.82 Å². The summed E-state index contributed by atoms with van der Waals surface area (Å²) in [5.41, 5.74) is 1.35. The number of rotatable bonds is 3. The Morgan fingerprint density at radius 3 is 2.26 bits per heavy atom. The fraction of sp³-hybridized carbons (Fsp3) is 0.643. The molecule has 1 N–H and O–H groups in total. The van der Waals surface area contributed by atoms with Crippen molar-refractivity contribution in [3.63, 3.8) is 0 Å². The van der Waals surface area contributed by atoms with Crippen LogP contribution in [0.4, 0.5) is 5.82 Å². The molecular weight excluding hydrogens is 239 g/mol. The predicted octanol–water partition coefficient (Wildman–Crippen LogP) is 2.12. The van der Waals surface area contributed by atoms with Gasteiger partial charge in [-0.2, -0.15) is 0 Å². The molecule has 0 aromatic carbocycles. The number of aryl methyl sites for hydroxylation is 1. The summed E-state index contributed by atoms with van der Waals surface area (Å²) in [6.45, 7) is 13.1. The highest BCUT2D eigenvalue weighted by Crippen LogP contribution is 2.36. The molecule has 4 nitrogen and oxygen atoms in total. The second-order valence-corrected chi connectivity index (χ2v) is 6.05. The number of aromatic nitrogens is 1. The van der Waals surface area contributed by atoms with Gasteiger partial charge in [-0.3, -0.25) is 0 Å². The lowest BCUT2D eigenvalue weighted by atomic mass is 9.79. The van der Waals surface area contributed by atoms with Crippen molar-refractivity contribution in [2.75, 3.05) is 11.9 Å². The molecule has 0 atom stereocenters. The summed E-state index contributed by atoms with van der Waals surface area (Å²) in [5.74, 6) is 0.868. The van der Waals surface area contributed by atoms with Gasteiger partial charge in [0.05, 0.1) is 11.2 Å². The smallest absolute Gasteiger partial charge is 0.399 e. The molecule has 1 aromatic heterocycles. The molecule has 1 aliphatic heterocycles. The Balaban J connectivity index is 2.29. The van der Waals surface area contributed by atoms with E-state index in [2.05, 4.69) is 44.9 Å². The SMILES string of the molecule is CCNc1cc(B2OC(C)(C)C(C)(C)O2)cc(C)n1. The van der Waals surface area contributed by atoms with Crippen molar-refractivity contribution in [1.29, 1.82) is 0 Å². The lowest BCUT2D eigenvalue weighted by molar-refractivity contribution is 0.00578. The molecule has 0 radical (unpaired) electrons. The lowest BCUT2D eigenvalue weighted by Gasteiger charge is -2.32. The first-order chi connectivity index (χ1) is 8.75. The van der Waals surface area contributed by atoms with E-state index in [0.717, 1.165) is 23.5 Å². The molecule has 0 unspecified atom stereocenters. The Bertz CT molecular complexity index is 459. The number of hydrogen-bond donors (Lipinski definition) is 1. The fourth-order valence-corrected chi connectivity index (χ4v) is 2.08. The first-order valence-corrected chi connectivity index (χ1v) is 6.83. The van der Waals surface area contributed by atoms with Crippen LogP contribution >= 0.6 is 0 Å². The van der Waals surface area contributed by atoms with E-state index in [-0.39, 0.29) is 18.3 Å². The molecule has 5 heteroatoms. The number of hydrogen-bond acceptors (Lipinski definition) is 4. The van der Waals surface area contributed by atoms with Gasteiger partial charge in [-0.05, 0) is 59.1 Å². The Hall–Kier alpha value is -1.07. The first-order valence-electron chi connectivity index (χ1n) is 6.83. The third-order valence-corrected chi connectivity index (χ3v) is 3.86. The maximum absolute atomic E-state index is 6.06. The zero-order valence-electron chi connectivity index (χ0n) is 12.7. The number of nitrogens with one attached hydrogen (secondary N) is 1. The lowest BCUT2D eigenvalue weighted by Crippen LogP contribution is -2.41. The van der Waals surface area contributed by atoms with Gasteiger partial charge in [-0.25, -0.2) is 4.98 Å². The topological polar surface area (TPSA) is 43.4 Å². The highest BCUT2D eigenvalue weighted by atomic mass is 16.7. The summed E-state index contributed by atoms with van der Waals surface area (Å²) in [6.07, 6.45) is 0. The fourth-order valence-electron chi connectivity index (χ4n) is 2.08. The maximum atomic E-state index is 6.06. The highest BCUT2D eigenvalue weighted by molar-refractivity contribution is 6.62. The van der Waals surface area contributed by atoms with Crippen LogP contribution in [-0.2, 0) is 9.31 Å². The average molecular weight is 262 g/mol. The van der Waals surface area contributed by atoms with Gasteiger partial charge < -0.3 is 14.6 Å². The van der Waals surface area contributed by atoms with Gasteiger partial charge >= 0.3 is 7.12 Å². The van der Waals surface area contributed by atoms with E-state index in [1.165, 1.54) is 0 Å². The van der Waals surface area contributed by atoms with Crippen molar-refractivity contribution in [2.45, 2.75) is 52.7 Å². The van der Waals surface area contributed by atoms with Crippen molar-refractivity contribution in [3.05, 3.63) is 17.8 Å². The van der Waals surface area contributed by atoms with Gasteiger partial charge in [-0.1, -0.05) is 0 Å². The molecule has 0 bridgehead atoms. The number of anilines is 1. The van der Waals surface area contributed by atoms with E-state index in [1.54, 1.807) is 0 Å². The van der Waals surface area contributed by atoms with E-state index < -0.39 is 0 Å². The van der Waals surface area contributed by atoms with Gasteiger partial charge in [0.25, 0.3) is 0 Å². The van der Waals surface area contributed by atoms with E-state index in [1.807, 2.05) is 19.1 Å². The van der Waals surface area contributed by atoms with E-state index in [0.29, 0.717) is 0 Å². The largest absolute Gasteiger partial charge is 0.495 e. The van der Waals surface area contributed by atoms with Gasteiger partial charge in [0, 0.05) is 12.2 Å². The molecule has 19 heavy (non-hydrogen) atoms. The van der Waals surface area contributed by atoms with E-state index in [4.69, 9.17) is 9.31 Å². The van der Waals surface area contributed by atoms with Crippen LogP contribution in [0.3, 0.4) is 0 Å². The average Bonchev–Trinajstić information content (AvgIpc) is 2.48. The summed E-state index contributed by atoms with van der Waals surface area (Å²) < 4.78 is 12.1. The Labute approximate surface area is 116 Å². The molecule has 1 aromatic rings. The molecule has 0 saturated carbocycles. The van der Waals surface area contributed by atoms with Gasteiger partial charge in [-0.15, -0.1) is 0 Å². The van der Waals surface area contributed by atoms with Crippen molar-refractivity contribution in [2.24, 2.45) is 0 Å². The minimum absolute atomic E-state index is 0.312. The molecule has 0 aliphatic carbocycles. The Morgan fingerprint density at radius 1 is 1.16 bits per heavy atom. The van der Waals surface area contributed by atoms with Crippen molar-refractivity contribution >= 4 is 18.4 Å². The van der Waals surface area contributed by atoms with E-state index in [9.17, 15) is 0 Å². The minimum atomic E-state index is -0.330. The normalized spacial score (nSPS) is 20.6. The van der Waals surface area contributed by atoms with Gasteiger partial charge in [0.2, 0.25) is 0 Å². The third-order valence-electron chi connectivity index (χ3n) is 3.86. The molecule has 1 fully saturated rings. The van der Waals surface area contributed by atoms with Crippen molar-refractivity contribution in [3.8, 4) is 0 Å². The molecule has 104 valence electrons. The maximum Gasteiger partial charge on any atom is 0.495 e. The molecule has 0 amide bonds. The number of nitrogens with zero attached hydrogens (tertiary/aromatic N) is 1. The molecule has 1 saturated heterocycles. The standard InChI is InChI=1S/C14H23BN2O2/c1-7-16-12-9-11(8-10(2)17-12)15-18-13(3,4)14(5,6)19-15/h8-9H,7H2,1-6H3,(H,16,17). The molecule has 2 heterocycles. The van der Waals surface area contributed by atoms with Crippen LogP contribution in [0, 0.1) is 6.92 Å². The monoisotopic (exact) mass is 262 g/mol. The minimum Gasteiger partial charge on any atom is -0.399 e. The van der Waals surface area contributed by atoms with Crippen LogP contribution in [0.2, 0.25) is 0 Å². The zero-order valence-corrected chi connectivity index (χ0v) is 12.7. The predicted molar refractivity (Wildman–Crippen MR) is 78.9 cm³/mol. The Kier molecular flexibility index (Phi) is 3.62. The first kappa shape index (κ1) is 14.3. The summed E-state index contributed by atoms with van der Waals surface area (Å²) >= 11 is 0. The van der Waals surface area contributed by atoms with Gasteiger partial charge in [0.15, 0.2) is 0 Å². The van der Waals surface area contributed by atoms with Crippen LogP contribution in [-0.4, -0.2) is 29.8 Å². The quantitative estimate of drug-likeness (QED) is 0.847. The van der Waals surface area contributed by atoms with Crippen molar-refractivity contribution in [1.82, 2.24) is 4.98 Å². The van der Waals surface area contributed by atoms with Crippen LogP contribution in [0.15, 0.2) is 12.1 Å². The van der Waals surface area contributed by atoms with Crippen LogP contribution in [0.25, 0.3) is 0 Å².